The summed E-state index contributed by atoms with van der Waals surface area (Å²) in [4.78, 5) is 15.8. The van der Waals surface area contributed by atoms with E-state index in [2.05, 4.69) is 10.3 Å². The second kappa shape index (κ2) is 4.04. The molecule has 0 atom stereocenters. The highest BCUT2D eigenvalue weighted by molar-refractivity contribution is 5.09. The summed E-state index contributed by atoms with van der Waals surface area (Å²) in [7, 11) is 3.26. The molecule has 0 saturated carbocycles. The van der Waals surface area contributed by atoms with E-state index < -0.39 is 0 Å². The van der Waals surface area contributed by atoms with Crippen molar-refractivity contribution in [3.63, 3.8) is 0 Å². The fourth-order valence-electron chi connectivity index (χ4n) is 0.855. The molecule has 0 fully saturated rings. The summed E-state index contributed by atoms with van der Waals surface area (Å²) < 4.78 is 1.52. The molecule has 4 heteroatoms. The van der Waals surface area contributed by atoms with Crippen LogP contribution in [-0.4, -0.2) is 11.7 Å². The van der Waals surface area contributed by atoms with Crippen LogP contribution in [0, 0.1) is 0 Å². The minimum absolute atomic E-state index is 0.00889. The zero-order valence-corrected chi connectivity index (χ0v) is 7.20. The van der Waals surface area contributed by atoms with Gasteiger partial charge < -0.3 is 9.40 Å². The van der Waals surface area contributed by atoms with Gasteiger partial charge in [-0.25, -0.2) is 0 Å². The summed E-state index contributed by atoms with van der Waals surface area (Å²) in [6.45, 7) is 0.548. The highest BCUT2D eigenvalue weighted by Gasteiger charge is 1.93. The fraction of sp³-hybridized carbons (Fsp3) is 0.375. The van der Waals surface area contributed by atoms with Gasteiger partial charge in [0.25, 0.3) is 5.56 Å². The lowest BCUT2D eigenvalue weighted by Crippen LogP contribution is -2.18. The normalized spacial score (nSPS) is 10.2. The number of rotatable bonds is 3. The number of nitrogens with zero attached hydrogens (tertiary/aromatic N) is 1. The van der Waals surface area contributed by atoms with Gasteiger partial charge in [-0.15, -0.1) is 0 Å². The van der Waals surface area contributed by atoms with Gasteiger partial charge in [0.05, 0.1) is 7.11 Å². The second-order valence-electron chi connectivity index (χ2n) is 2.51. The maximum Gasteiger partial charge on any atom is 0.250 e. The monoisotopic (exact) mass is 168 g/mol. The third-order valence-electron chi connectivity index (χ3n) is 1.59. The molecule has 4 nitrogen and oxygen atoms in total. The van der Waals surface area contributed by atoms with Crippen LogP contribution in [0.15, 0.2) is 23.1 Å². The van der Waals surface area contributed by atoms with Crippen molar-refractivity contribution in [2.24, 2.45) is 7.05 Å². The Hall–Kier alpha value is -1.13. The summed E-state index contributed by atoms with van der Waals surface area (Å²) in [5.41, 5.74) is 3.57. The molecule has 12 heavy (non-hydrogen) atoms. The molecule has 0 aliphatic carbocycles. The highest BCUT2D eigenvalue weighted by atomic mass is 16.6. The first-order valence-corrected chi connectivity index (χ1v) is 3.65. The van der Waals surface area contributed by atoms with Crippen molar-refractivity contribution in [2.45, 2.75) is 6.54 Å². The molecule has 1 aromatic heterocycles. The van der Waals surface area contributed by atoms with E-state index in [1.54, 1.807) is 26.4 Å². The Bertz CT molecular complexity index is 306. The summed E-state index contributed by atoms with van der Waals surface area (Å²) in [5.74, 6) is 0. The van der Waals surface area contributed by atoms with Crippen molar-refractivity contribution >= 4 is 0 Å². The third kappa shape index (κ3) is 2.18. The Labute approximate surface area is 70.7 Å². The van der Waals surface area contributed by atoms with Crippen LogP contribution in [0.3, 0.4) is 0 Å². The molecule has 1 heterocycles. The van der Waals surface area contributed by atoms with Crippen molar-refractivity contribution in [2.75, 3.05) is 7.11 Å². The number of pyridine rings is 1. The van der Waals surface area contributed by atoms with Crippen LogP contribution >= 0.6 is 0 Å². The maximum atomic E-state index is 11.1. The van der Waals surface area contributed by atoms with E-state index in [0.717, 1.165) is 5.56 Å². The van der Waals surface area contributed by atoms with Crippen LogP contribution in [-0.2, 0) is 18.4 Å². The van der Waals surface area contributed by atoms with E-state index in [1.807, 2.05) is 6.07 Å². The molecule has 0 radical (unpaired) electrons. The zero-order chi connectivity index (χ0) is 8.97. The molecule has 1 rings (SSSR count). The van der Waals surface area contributed by atoms with Crippen molar-refractivity contribution in [3.05, 3.63) is 34.2 Å². The lowest BCUT2D eigenvalue weighted by atomic mass is 10.3. The molecule has 1 aromatic rings. The van der Waals surface area contributed by atoms with Crippen LogP contribution < -0.4 is 11.0 Å². The van der Waals surface area contributed by atoms with Crippen molar-refractivity contribution in [1.82, 2.24) is 10.0 Å². The molecule has 0 aliphatic heterocycles. The molecular weight excluding hydrogens is 156 g/mol. The van der Waals surface area contributed by atoms with Crippen LogP contribution in [0.5, 0.6) is 0 Å². The fourth-order valence-corrected chi connectivity index (χ4v) is 0.855. The van der Waals surface area contributed by atoms with Crippen LogP contribution in [0.4, 0.5) is 0 Å². The van der Waals surface area contributed by atoms with Crippen LogP contribution in [0.25, 0.3) is 0 Å². The molecule has 0 bridgehead atoms. The first-order chi connectivity index (χ1) is 5.74. The first kappa shape index (κ1) is 8.96. The third-order valence-corrected chi connectivity index (χ3v) is 1.59. The smallest absolute Gasteiger partial charge is 0.250 e. The molecule has 0 aromatic carbocycles. The second-order valence-corrected chi connectivity index (χ2v) is 2.51. The van der Waals surface area contributed by atoms with Gasteiger partial charge in [-0.2, -0.15) is 5.48 Å². The lowest BCUT2D eigenvalue weighted by Gasteiger charge is -2.02. The summed E-state index contributed by atoms with van der Waals surface area (Å²) in [5, 5.41) is 0. The molecule has 0 aliphatic rings. The Kier molecular flexibility index (Phi) is 3.01. The quantitative estimate of drug-likeness (QED) is 0.648. The van der Waals surface area contributed by atoms with E-state index in [4.69, 9.17) is 0 Å². The molecule has 0 saturated heterocycles. The molecular formula is C8H12N2O2. The van der Waals surface area contributed by atoms with Crippen molar-refractivity contribution < 1.29 is 4.84 Å². The largest absolute Gasteiger partial charge is 0.319 e. The van der Waals surface area contributed by atoms with Gasteiger partial charge in [0.1, 0.15) is 0 Å². The first-order valence-electron chi connectivity index (χ1n) is 3.65. The number of hydrogen-bond donors (Lipinski definition) is 1. The van der Waals surface area contributed by atoms with Gasteiger partial charge in [-0.3, -0.25) is 4.79 Å². The number of aromatic nitrogens is 1. The Balaban J connectivity index is 2.76. The van der Waals surface area contributed by atoms with Gasteiger partial charge in [0.15, 0.2) is 0 Å². The minimum Gasteiger partial charge on any atom is -0.319 e. The van der Waals surface area contributed by atoms with E-state index >= 15 is 0 Å². The Morgan fingerprint density at radius 3 is 3.00 bits per heavy atom. The molecule has 0 unspecified atom stereocenters. The molecule has 0 amide bonds. The average molecular weight is 168 g/mol. The Morgan fingerprint density at radius 2 is 2.42 bits per heavy atom. The SMILES string of the molecule is CONCc1ccn(C)c(=O)c1. The molecule has 1 N–H and O–H groups in total. The number of aryl methyl sites for hydroxylation is 1. The minimum atomic E-state index is -0.00889. The molecule has 0 spiro atoms. The highest BCUT2D eigenvalue weighted by Crippen LogP contribution is 1.92. The number of nitrogens with one attached hydrogen (secondary N) is 1. The van der Waals surface area contributed by atoms with Gasteiger partial charge in [-0.1, -0.05) is 0 Å². The predicted molar refractivity (Wildman–Crippen MR) is 45.5 cm³/mol. The van der Waals surface area contributed by atoms with E-state index in [9.17, 15) is 4.79 Å². The lowest BCUT2D eigenvalue weighted by molar-refractivity contribution is 0.0866. The van der Waals surface area contributed by atoms with Gasteiger partial charge in [-0.05, 0) is 11.6 Å². The zero-order valence-electron chi connectivity index (χ0n) is 7.20. The standard InChI is InChI=1S/C8H12N2O2/c1-10-4-3-7(5-8(10)11)6-9-12-2/h3-5,9H,6H2,1-2H3. The van der Waals surface area contributed by atoms with Gasteiger partial charge in [0, 0.05) is 25.9 Å². The summed E-state index contributed by atoms with van der Waals surface area (Å²) in [6, 6.07) is 3.44. The molecule has 66 valence electrons. The predicted octanol–water partition coefficient (Wildman–Crippen LogP) is 0.0363. The van der Waals surface area contributed by atoms with Crippen molar-refractivity contribution in [3.8, 4) is 0 Å². The Morgan fingerprint density at radius 1 is 1.67 bits per heavy atom. The van der Waals surface area contributed by atoms with E-state index in [0.29, 0.717) is 6.54 Å². The summed E-state index contributed by atoms with van der Waals surface area (Å²) >= 11 is 0. The topological polar surface area (TPSA) is 43.3 Å². The van der Waals surface area contributed by atoms with Gasteiger partial charge in [0.2, 0.25) is 0 Å². The van der Waals surface area contributed by atoms with E-state index in [-0.39, 0.29) is 5.56 Å². The van der Waals surface area contributed by atoms with Crippen LogP contribution in [0.2, 0.25) is 0 Å². The van der Waals surface area contributed by atoms with E-state index in [1.165, 1.54) is 4.57 Å². The average Bonchev–Trinajstić information content (AvgIpc) is 2.07. The van der Waals surface area contributed by atoms with Gasteiger partial charge >= 0.3 is 0 Å². The van der Waals surface area contributed by atoms with Crippen molar-refractivity contribution in [1.29, 1.82) is 0 Å². The maximum absolute atomic E-state index is 11.1. The number of hydrogen-bond acceptors (Lipinski definition) is 3. The summed E-state index contributed by atoms with van der Waals surface area (Å²) in [6.07, 6.45) is 1.73. The van der Waals surface area contributed by atoms with Crippen LogP contribution in [0.1, 0.15) is 5.56 Å². The number of hydroxylamine groups is 1.